The molecule has 1 N–H and O–H groups in total. The van der Waals surface area contributed by atoms with Crippen molar-refractivity contribution in [3.05, 3.63) is 50.9 Å². The third-order valence-corrected chi connectivity index (χ3v) is 6.83. The molecule has 0 spiro atoms. The van der Waals surface area contributed by atoms with E-state index >= 15 is 0 Å². The monoisotopic (exact) mass is 471 g/mol. The molecule has 0 unspecified atom stereocenters. The molecule has 1 aromatic carbocycles. The second-order valence-electron chi connectivity index (χ2n) is 7.57. The average Bonchev–Trinajstić information content (AvgIpc) is 3.42. The van der Waals surface area contributed by atoms with Crippen LogP contribution in [-0.4, -0.2) is 69.7 Å². The van der Waals surface area contributed by atoms with E-state index in [-0.39, 0.29) is 11.8 Å². The van der Waals surface area contributed by atoms with Crippen molar-refractivity contribution < 1.29 is 14.3 Å². The van der Waals surface area contributed by atoms with Crippen LogP contribution in [0.1, 0.15) is 21.0 Å². The lowest BCUT2D eigenvalue weighted by atomic mass is 10.2. The quantitative estimate of drug-likeness (QED) is 0.558. The lowest BCUT2D eigenvalue weighted by Crippen LogP contribution is -2.50. The third kappa shape index (κ3) is 4.76. The summed E-state index contributed by atoms with van der Waals surface area (Å²) in [5, 5.41) is 7.15. The molecule has 2 amide bonds. The van der Waals surface area contributed by atoms with Gasteiger partial charge in [-0.1, -0.05) is 0 Å². The van der Waals surface area contributed by atoms with E-state index in [9.17, 15) is 9.59 Å². The SMILES string of the molecule is COc1ccc(-c2n[nH]c(=S)n2CCC(=O)N2CCN(C(=O)c3ccc(C)s3)CC2)cc1. The fourth-order valence-corrected chi connectivity index (χ4v) is 4.77. The number of hydrogen-bond donors (Lipinski definition) is 1. The van der Waals surface area contributed by atoms with Crippen LogP contribution in [0.15, 0.2) is 36.4 Å². The Kier molecular flexibility index (Phi) is 6.71. The normalized spacial score (nSPS) is 13.9. The Balaban J connectivity index is 1.34. The van der Waals surface area contributed by atoms with Crippen LogP contribution >= 0.6 is 23.6 Å². The first-order valence-corrected chi connectivity index (χ1v) is 11.6. The fraction of sp³-hybridized carbons (Fsp3) is 0.364. The molecular weight excluding hydrogens is 446 g/mol. The highest BCUT2D eigenvalue weighted by atomic mass is 32.1. The van der Waals surface area contributed by atoms with Gasteiger partial charge in [0.05, 0.1) is 12.0 Å². The largest absolute Gasteiger partial charge is 0.497 e. The molecular formula is C22H25N5O3S2. The Hall–Kier alpha value is -2.98. The van der Waals surface area contributed by atoms with Crippen molar-refractivity contribution in [2.45, 2.75) is 19.9 Å². The van der Waals surface area contributed by atoms with Gasteiger partial charge >= 0.3 is 0 Å². The first-order valence-electron chi connectivity index (χ1n) is 10.4. The number of aryl methyl sites for hydroxylation is 1. The Morgan fingerprint density at radius 3 is 2.41 bits per heavy atom. The number of ether oxygens (including phenoxy) is 1. The number of carbonyl (C=O) groups is 2. The van der Waals surface area contributed by atoms with Crippen LogP contribution in [0.4, 0.5) is 0 Å². The second-order valence-corrected chi connectivity index (χ2v) is 9.24. The molecule has 4 rings (SSSR count). The van der Waals surface area contributed by atoms with Gasteiger partial charge in [0, 0.05) is 49.6 Å². The highest BCUT2D eigenvalue weighted by Crippen LogP contribution is 2.22. The van der Waals surface area contributed by atoms with Crippen molar-refractivity contribution in [3.63, 3.8) is 0 Å². The summed E-state index contributed by atoms with van der Waals surface area (Å²) in [7, 11) is 1.62. The van der Waals surface area contributed by atoms with Gasteiger partial charge in [-0.15, -0.1) is 11.3 Å². The molecule has 0 aliphatic carbocycles. The number of hydrogen-bond acceptors (Lipinski definition) is 6. The number of benzene rings is 1. The highest BCUT2D eigenvalue weighted by Gasteiger charge is 2.25. The molecule has 3 aromatic rings. The Morgan fingerprint density at radius 1 is 1.09 bits per heavy atom. The van der Waals surface area contributed by atoms with Crippen molar-refractivity contribution >= 4 is 35.4 Å². The number of amides is 2. The number of thiophene rings is 1. The molecule has 0 radical (unpaired) electrons. The Bertz CT molecular complexity index is 1160. The smallest absolute Gasteiger partial charge is 0.264 e. The van der Waals surface area contributed by atoms with Crippen LogP contribution in [0.25, 0.3) is 11.4 Å². The maximum atomic E-state index is 12.8. The number of aromatic nitrogens is 3. The number of methoxy groups -OCH3 is 1. The number of rotatable bonds is 6. The Labute approximate surface area is 195 Å². The van der Waals surface area contributed by atoms with E-state index in [4.69, 9.17) is 17.0 Å². The molecule has 3 heterocycles. The predicted octanol–water partition coefficient (Wildman–Crippen LogP) is 3.36. The van der Waals surface area contributed by atoms with E-state index in [0.717, 1.165) is 21.1 Å². The van der Waals surface area contributed by atoms with Crippen molar-refractivity contribution in [2.75, 3.05) is 33.3 Å². The lowest BCUT2D eigenvalue weighted by Gasteiger charge is -2.34. The van der Waals surface area contributed by atoms with Gasteiger partial charge in [-0.25, -0.2) is 0 Å². The van der Waals surface area contributed by atoms with E-state index in [1.54, 1.807) is 7.11 Å². The molecule has 1 fully saturated rings. The summed E-state index contributed by atoms with van der Waals surface area (Å²) in [4.78, 5) is 31.0. The topological polar surface area (TPSA) is 83.5 Å². The zero-order valence-corrected chi connectivity index (χ0v) is 19.7. The second kappa shape index (κ2) is 9.66. The summed E-state index contributed by atoms with van der Waals surface area (Å²) >= 11 is 6.88. The van der Waals surface area contributed by atoms with Crippen LogP contribution in [0.2, 0.25) is 0 Å². The molecule has 1 aliphatic heterocycles. The standard InChI is InChI=1S/C22H25N5O3S2/c1-15-3-8-18(32-15)21(29)26-13-11-25(12-14-26)19(28)9-10-27-20(23-24-22(27)31)16-4-6-17(30-2)7-5-16/h3-8H,9-14H2,1-2H3,(H,24,31). The van der Waals surface area contributed by atoms with Crippen LogP contribution in [0.3, 0.4) is 0 Å². The van der Waals surface area contributed by atoms with Gasteiger partial charge < -0.3 is 14.5 Å². The van der Waals surface area contributed by atoms with Crippen molar-refractivity contribution in [1.82, 2.24) is 24.6 Å². The lowest BCUT2D eigenvalue weighted by molar-refractivity contribution is -0.132. The van der Waals surface area contributed by atoms with Gasteiger partial charge in [-0.2, -0.15) is 5.10 Å². The van der Waals surface area contributed by atoms with E-state index in [1.807, 2.05) is 57.7 Å². The third-order valence-electron chi connectivity index (χ3n) is 5.53. The zero-order chi connectivity index (χ0) is 22.7. The fourth-order valence-electron chi connectivity index (χ4n) is 3.72. The minimum atomic E-state index is 0.0454. The molecule has 0 bridgehead atoms. The minimum Gasteiger partial charge on any atom is -0.497 e. The predicted molar refractivity (Wildman–Crippen MR) is 126 cm³/mol. The van der Waals surface area contributed by atoms with Gasteiger partial charge in [0.1, 0.15) is 5.75 Å². The molecule has 10 heteroatoms. The number of nitrogens with zero attached hydrogens (tertiary/aromatic N) is 4. The molecule has 0 saturated carbocycles. The number of H-pyrrole nitrogens is 1. The molecule has 32 heavy (non-hydrogen) atoms. The summed E-state index contributed by atoms with van der Waals surface area (Å²) < 4.78 is 7.52. The molecule has 1 saturated heterocycles. The molecule has 2 aromatic heterocycles. The number of carbonyl (C=O) groups excluding carboxylic acids is 2. The van der Waals surface area contributed by atoms with Gasteiger partial charge in [0.2, 0.25) is 5.91 Å². The number of nitrogens with one attached hydrogen (secondary N) is 1. The van der Waals surface area contributed by atoms with Gasteiger partial charge in [-0.3, -0.25) is 19.3 Å². The summed E-state index contributed by atoms with van der Waals surface area (Å²) in [6.45, 7) is 4.59. The summed E-state index contributed by atoms with van der Waals surface area (Å²) in [6.07, 6.45) is 0.315. The van der Waals surface area contributed by atoms with Gasteiger partial charge in [0.15, 0.2) is 10.6 Å². The van der Waals surface area contributed by atoms with Crippen LogP contribution in [0.5, 0.6) is 5.75 Å². The number of aromatic amines is 1. The highest BCUT2D eigenvalue weighted by molar-refractivity contribution is 7.71. The molecule has 8 nitrogen and oxygen atoms in total. The molecule has 0 atom stereocenters. The van der Waals surface area contributed by atoms with E-state index in [1.165, 1.54) is 11.3 Å². The Morgan fingerprint density at radius 2 is 1.78 bits per heavy atom. The minimum absolute atomic E-state index is 0.0454. The zero-order valence-electron chi connectivity index (χ0n) is 18.0. The molecule has 168 valence electrons. The van der Waals surface area contributed by atoms with E-state index in [0.29, 0.717) is 49.7 Å². The van der Waals surface area contributed by atoms with Crippen LogP contribution in [-0.2, 0) is 11.3 Å². The first-order chi connectivity index (χ1) is 15.5. The van der Waals surface area contributed by atoms with Gasteiger partial charge in [0.25, 0.3) is 5.91 Å². The number of piperazine rings is 1. The average molecular weight is 472 g/mol. The van der Waals surface area contributed by atoms with E-state index < -0.39 is 0 Å². The van der Waals surface area contributed by atoms with Crippen molar-refractivity contribution in [1.29, 1.82) is 0 Å². The van der Waals surface area contributed by atoms with Crippen LogP contribution < -0.4 is 4.74 Å². The maximum Gasteiger partial charge on any atom is 0.264 e. The van der Waals surface area contributed by atoms with Crippen molar-refractivity contribution in [3.8, 4) is 17.1 Å². The van der Waals surface area contributed by atoms with Crippen molar-refractivity contribution in [2.24, 2.45) is 0 Å². The summed E-state index contributed by atoms with van der Waals surface area (Å²) in [5.41, 5.74) is 0.890. The van der Waals surface area contributed by atoms with Crippen LogP contribution in [0, 0.1) is 11.7 Å². The summed E-state index contributed by atoms with van der Waals surface area (Å²) in [6, 6.07) is 11.4. The van der Waals surface area contributed by atoms with E-state index in [2.05, 4.69) is 10.2 Å². The summed E-state index contributed by atoms with van der Waals surface area (Å²) in [5.74, 6) is 1.54. The molecule has 1 aliphatic rings. The van der Waals surface area contributed by atoms with Gasteiger partial charge in [-0.05, 0) is 55.5 Å². The first kappa shape index (κ1) is 22.2. The maximum absolute atomic E-state index is 12.8.